The molecule has 156 valence electrons. The predicted octanol–water partition coefficient (Wildman–Crippen LogP) is 3.78. The quantitative estimate of drug-likeness (QED) is 0.527. The number of halogens is 4. The van der Waals surface area contributed by atoms with Crippen molar-refractivity contribution in [2.24, 2.45) is 0 Å². The summed E-state index contributed by atoms with van der Waals surface area (Å²) in [7, 11) is 0. The van der Waals surface area contributed by atoms with E-state index in [1.165, 1.54) is 23.4 Å². The van der Waals surface area contributed by atoms with Crippen molar-refractivity contribution in [3.8, 4) is 6.07 Å². The van der Waals surface area contributed by atoms with Gasteiger partial charge in [0.25, 0.3) is 0 Å². The number of hydrogen-bond donors (Lipinski definition) is 1. The van der Waals surface area contributed by atoms with Crippen molar-refractivity contribution in [1.82, 2.24) is 19.7 Å². The van der Waals surface area contributed by atoms with Crippen LogP contribution in [0.1, 0.15) is 11.1 Å². The van der Waals surface area contributed by atoms with E-state index in [9.17, 15) is 19.1 Å². The van der Waals surface area contributed by atoms with Crippen molar-refractivity contribution >= 4 is 23.2 Å². The van der Waals surface area contributed by atoms with Crippen LogP contribution in [0.4, 0.5) is 8.78 Å². The molecule has 3 aromatic rings. The zero-order valence-electron chi connectivity index (χ0n) is 15.6. The topological polar surface area (TPSA) is 78.0 Å². The summed E-state index contributed by atoms with van der Waals surface area (Å²) >= 11 is 12.2. The number of nitriles is 1. The average molecular weight is 452 g/mol. The smallest absolute Gasteiger partial charge is 0.137 e. The van der Waals surface area contributed by atoms with Gasteiger partial charge in [-0.15, -0.1) is 0 Å². The molecule has 0 bridgehead atoms. The van der Waals surface area contributed by atoms with Gasteiger partial charge in [-0.3, -0.25) is 4.90 Å². The molecule has 0 saturated heterocycles. The molecule has 0 spiro atoms. The lowest BCUT2D eigenvalue weighted by molar-refractivity contribution is -0.0206. The monoisotopic (exact) mass is 451 g/mol. The van der Waals surface area contributed by atoms with Crippen LogP contribution in [0.5, 0.6) is 0 Å². The molecule has 1 unspecified atom stereocenters. The van der Waals surface area contributed by atoms with Crippen molar-refractivity contribution < 1.29 is 13.9 Å². The Morgan fingerprint density at radius 2 is 2.00 bits per heavy atom. The first kappa shape index (κ1) is 22.1. The summed E-state index contributed by atoms with van der Waals surface area (Å²) in [6.07, 6.45) is 2.65. The van der Waals surface area contributed by atoms with Crippen LogP contribution >= 0.6 is 23.2 Å². The molecule has 10 heteroatoms. The molecule has 30 heavy (non-hydrogen) atoms. The first-order valence-corrected chi connectivity index (χ1v) is 9.60. The highest BCUT2D eigenvalue weighted by Gasteiger charge is 2.35. The molecule has 0 radical (unpaired) electrons. The highest BCUT2D eigenvalue weighted by molar-refractivity contribution is 6.35. The van der Waals surface area contributed by atoms with E-state index in [1.807, 2.05) is 6.07 Å². The Morgan fingerprint density at radius 3 is 2.63 bits per heavy atom. The fourth-order valence-electron chi connectivity index (χ4n) is 3.20. The fraction of sp³-hybridized carbons (Fsp3) is 0.250. The zero-order chi connectivity index (χ0) is 21.7. The van der Waals surface area contributed by atoms with Crippen LogP contribution in [0.2, 0.25) is 10.0 Å². The zero-order valence-corrected chi connectivity index (χ0v) is 17.2. The maximum atomic E-state index is 14.6. The third-order valence-electron chi connectivity index (χ3n) is 4.51. The number of aromatic nitrogens is 3. The lowest BCUT2D eigenvalue weighted by Gasteiger charge is -2.34. The van der Waals surface area contributed by atoms with Crippen LogP contribution < -0.4 is 0 Å². The van der Waals surface area contributed by atoms with E-state index in [0.29, 0.717) is 21.7 Å². The van der Waals surface area contributed by atoms with Crippen molar-refractivity contribution in [3.05, 3.63) is 81.9 Å². The molecule has 0 aliphatic rings. The summed E-state index contributed by atoms with van der Waals surface area (Å²) in [5.41, 5.74) is -1.27. The largest absolute Gasteiger partial charge is 0.382 e. The van der Waals surface area contributed by atoms with Gasteiger partial charge < -0.3 is 5.11 Å². The highest BCUT2D eigenvalue weighted by Crippen LogP contribution is 2.29. The van der Waals surface area contributed by atoms with Gasteiger partial charge in [0.05, 0.1) is 19.2 Å². The molecule has 6 nitrogen and oxygen atoms in total. The van der Waals surface area contributed by atoms with Gasteiger partial charge in [0.15, 0.2) is 0 Å². The highest BCUT2D eigenvalue weighted by atomic mass is 35.5. The van der Waals surface area contributed by atoms with Crippen molar-refractivity contribution in [3.63, 3.8) is 0 Å². The molecular formula is C20H17Cl2F2N5O. The summed E-state index contributed by atoms with van der Waals surface area (Å²) in [6.45, 7) is -0.179. The molecule has 1 heterocycles. The van der Waals surface area contributed by atoms with Gasteiger partial charge in [0.1, 0.15) is 29.9 Å². The predicted molar refractivity (Wildman–Crippen MR) is 108 cm³/mol. The molecule has 3 rings (SSSR count). The Bertz CT molecular complexity index is 1060. The first-order valence-electron chi connectivity index (χ1n) is 8.84. The number of rotatable bonds is 8. The van der Waals surface area contributed by atoms with Crippen molar-refractivity contribution in [1.29, 1.82) is 5.26 Å². The SMILES string of the molecule is N#CCN(Cc1ccc(Cl)cc1Cl)CC(O)(Cn1cncn1)c1ccc(F)cc1F. The van der Waals surface area contributed by atoms with E-state index in [4.69, 9.17) is 23.2 Å². The van der Waals surface area contributed by atoms with E-state index in [-0.39, 0.29) is 31.7 Å². The Kier molecular flexibility index (Phi) is 7.00. The lowest BCUT2D eigenvalue weighted by Crippen LogP contribution is -2.44. The molecule has 0 fully saturated rings. The Balaban J connectivity index is 1.95. The number of hydrogen-bond acceptors (Lipinski definition) is 5. The van der Waals surface area contributed by atoms with Crippen LogP contribution in [0.3, 0.4) is 0 Å². The second kappa shape index (κ2) is 9.49. The number of aliphatic hydroxyl groups is 1. The van der Waals surface area contributed by atoms with Gasteiger partial charge in [-0.05, 0) is 23.8 Å². The van der Waals surface area contributed by atoms with Crippen molar-refractivity contribution in [2.75, 3.05) is 13.1 Å². The summed E-state index contributed by atoms with van der Waals surface area (Å²) in [5, 5.41) is 25.6. The van der Waals surface area contributed by atoms with Crippen LogP contribution in [-0.2, 0) is 18.7 Å². The fourth-order valence-corrected chi connectivity index (χ4v) is 3.67. The first-order chi connectivity index (χ1) is 14.3. The summed E-state index contributed by atoms with van der Waals surface area (Å²) in [4.78, 5) is 5.44. The van der Waals surface area contributed by atoms with Gasteiger partial charge in [-0.25, -0.2) is 18.4 Å². The minimum atomic E-state index is -1.83. The van der Waals surface area contributed by atoms with E-state index >= 15 is 0 Å². The Labute approximate surface area is 181 Å². The molecule has 0 aliphatic carbocycles. The molecule has 0 saturated carbocycles. The molecule has 1 atom stereocenters. The minimum Gasteiger partial charge on any atom is -0.382 e. The third kappa shape index (κ3) is 5.32. The van der Waals surface area contributed by atoms with Crippen LogP contribution in [0, 0.1) is 23.0 Å². The van der Waals surface area contributed by atoms with Gasteiger partial charge in [0.2, 0.25) is 0 Å². The van der Waals surface area contributed by atoms with E-state index in [2.05, 4.69) is 10.1 Å². The standard InChI is InChI=1S/C20H17Cl2F2N5O/c21-15-2-1-14(18(22)7-15)9-28(6-5-25)10-20(30,11-29-13-26-12-27-29)17-4-3-16(23)8-19(17)24/h1-4,7-8,12-13,30H,6,9-11H2. The lowest BCUT2D eigenvalue weighted by atomic mass is 9.92. The maximum absolute atomic E-state index is 14.6. The van der Waals surface area contributed by atoms with Crippen molar-refractivity contribution in [2.45, 2.75) is 18.7 Å². The molecule has 0 amide bonds. The van der Waals surface area contributed by atoms with E-state index < -0.39 is 17.2 Å². The molecular weight excluding hydrogens is 435 g/mol. The Hall–Kier alpha value is -2.57. The normalized spacial score (nSPS) is 13.2. The molecule has 0 aliphatic heterocycles. The molecule has 1 aromatic heterocycles. The van der Waals surface area contributed by atoms with E-state index in [1.54, 1.807) is 23.1 Å². The van der Waals surface area contributed by atoms with Crippen LogP contribution in [-0.4, -0.2) is 37.9 Å². The second-order valence-corrected chi connectivity index (χ2v) is 7.63. The summed E-state index contributed by atoms with van der Waals surface area (Å²) in [6, 6.07) is 9.93. The van der Waals surface area contributed by atoms with Gasteiger partial charge in [-0.1, -0.05) is 35.3 Å². The number of benzene rings is 2. The summed E-state index contributed by atoms with van der Waals surface area (Å²) in [5.74, 6) is -1.67. The second-order valence-electron chi connectivity index (χ2n) is 6.79. The Morgan fingerprint density at radius 1 is 1.20 bits per heavy atom. The van der Waals surface area contributed by atoms with Crippen LogP contribution in [0.25, 0.3) is 0 Å². The molecule has 1 N–H and O–H groups in total. The third-order valence-corrected chi connectivity index (χ3v) is 5.10. The van der Waals surface area contributed by atoms with Gasteiger partial charge in [0, 0.05) is 34.8 Å². The maximum Gasteiger partial charge on any atom is 0.137 e. The number of nitrogens with zero attached hydrogens (tertiary/aromatic N) is 5. The van der Waals surface area contributed by atoms with Gasteiger partial charge in [-0.2, -0.15) is 10.4 Å². The van der Waals surface area contributed by atoms with Crippen LogP contribution in [0.15, 0.2) is 49.1 Å². The minimum absolute atomic E-state index is 0.0680. The van der Waals surface area contributed by atoms with E-state index in [0.717, 1.165) is 6.07 Å². The summed E-state index contributed by atoms with van der Waals surface area (Å²) < 4.78 is 29.4. The average Bonchev–Trinajstić information content (AvgIpc) is 3.16. The molecule has 2 aromatic carbocycles. The van der Waals surface area contributed by atoms with Gasteiger partial charge >= 0.3 is 0 Å².